The summed E-state index contributed by atoms with van der Waals surface area (Å²) in [5.41, 5.74) is 2.07. The number of hydrogen-bond donors (Lipinski definition) is 0. The second kappa shape index (κ2) is 4.70. The van der Waals surface area contributed by atoms with Gasteiger partial charge in [0, 0.05) is 10.6 Å². The summed E-state index contributed by atoms with van der Waals surface area (Å²) in [5.74, 6) is 0. The number of rotatable bonds is 2. The van der Waals surface area contributed by atoms with Crippen LogP contribution in [0.15, 0.2) is 18.2 Å². The Kier molecular flexibility index (Phi) is 3.47. The summed E-state index contributed by atoms with van der Waals surface area (Å²) in [5, 5.41) is 10.5. The minimum absolute atomic E-state index is 0.0975. The zero-order chi connectivity index (χ0) is 11.7. The fourth-order valence-corrected chi connectivity index (χ4v) is 2.35. The minimum Gasteiger partial charge on any atom is -0.142 e. The van der Waals surface area contributed by atoms with Crippen LogP contribution in [0, 0.1) is 6.92 Å². The molecule has 0 spiro atoms. The fourth-order valence-electron chi connectivity index (χ4n) is 1.29. The summed E-state index contributed by atoms with van der Waals surface area (Å²) in [4.78, 5) is 0. The van der Waals surface area contributed by atoms with Crippen LogP contribution in [0.25, 0.3) is 10.6 Å². The van der Waals surface area contributed by atoms with Gasteiger partial charge >= 0.3 is 0 Å². The molecule has 0 amide bonds. The van der Waals surface area contributed by atoms with Gasteiger partial charge in [-0.15, -0.1) is 21.8 Å². The van der Waals surface area contributed by atoms with Crippen molar-refractivity contribution in [2.45, 2.75) is 19.2 Å². The molecule has 1 unspecified atom stereocenters. The lowest BCUT2D eigenvalue weighted by atomic mass is 10.1. The van der Waals surface area contributed by atoms with Gasteiger partial charge in [-0.25, -0.2) is 0 Å². The van der Waals surface area contributed by atoms with Crippen molar-refractivity contribution in [2.24, 2.45) is 0 Å². The van der Waals surface area contributed by atoms with Gasteiger partial charge in [0.25, 0.3) is 0 Å². The average molecular weight is 273 g/mol. The molecule has 0 saturated heterocycles. The second-order valence-corrected chi connectivity index (χ2v) is 5.60. The lowest BCUT2D eigenvalue weighted by Gasteiger charge is -1.99. The zero-order valence-electron chi connectivity index (χ0n) is 8.87. The Bertz CT molecular complexity index is 508. The lowest BCUT2D eigenvalue weighted by Crippen LogP contribution is -1.81. The lowest BCUT2D eigenvalue weighted by molar-refractivity contribution is 0.962. The van der Waals surface area contributed by atoms with Crippen molar-refractivity contribution in [3.63, 3.8) is 0 Å². The first-order chi connectivity index (χ1) is 7.58. The van der Waals surface area contributed by atoms with E-state index in [-0.39, 0.29) is 5.38 Å². The number of benzene rings is 1. The highest BCUT2D eigenvalue weighted by Gasteiger charge is 2.11. The Balaban J connectivity index is 2.39. The largest absolute Gasteiger partial charge is 0.147 e. The summed E-state index contributed by atoms with van der Waals surface area (Å²) < 4.78 is 0. The molecule has 2 nitrogen and oxygen atoms in total. The Labute approximate surface area is 108 Å². The van der Waals surface area contributed by atoms with Crippen molar-refractivity contribution in [1.82, 2.24) is 10.2 Å². The highest BCUT2D eigenvalue weighted by atomic mass is 35.5. The van der Waals surface area contributed by atoms with E-state index in [0.717, 1.165) is 26.2 Å². The molecule has 1 aromatic heterocycles. The molecule has 1 aromatic carbocycles. The van der Waals surface area contributed by atoms with Gasteiger partial charge in [-0.2, -0.15) is 0 Å². The molecule has 1 atom stereocenters. The highest BCUT2D eigenvalue weighted by molar-refractivity contribution is 7.15. The first-order valence-electron chi connectivity index (χ1n) is 4.82. The topological polar surface area (TPSA) is 25.8 Å². The van der Waals surface area contributed by atoms with Crippen LogP contribution >= 0.6 is 34.5 Å². The van der Waals surface area contributed by atoms with E-state index in [1.807, 2.05) is 32.0 Å². The fraction of sp³-hybridized carbons (Fsp3) is 0.273. The third kappa shape index (κ3) is 2.37. The van der Waals surface area contributed by atoms with E-state index in [9.17, 15) is 0 Å². The smallest absolute Gasteiger partial charge is 0.142 e. The zero-order valence-corrected chi connectivity index (χ0v) is 11.2. The van der Waals surface area contributed by atoms with Crippen LogP contribution in [-0.2, 0) is 0 Å². The van der Waals surface area contributed by atoms with E-state index in [2.05, 4.69) is 10.2 Å². The summed E-state index contributed by atoms with van der Waals surface area (Å²) in [7, 11) is 0. The predicted molar refractivity (Wildman–Crippen MR) is 69.4 cm³/mol. The van der Waals surface area contributed by atoms with E-state index in [4.69, 9.17) is 23.2 Å². The first-order valence-corrected chi connectivity index (χ1v) is 6.45. The Hall–Kier alpha value is -0.640. The standard InChI is InChI=1S/C11H10Cl2N2S/c1-6-5-8(3-4-9(6)13)11-15-14-10(16-11)7(2)12/h3-5,7H,1-2H3. The van der Waals surface area contributed by atoms with Crippen molar-refractivity contribution in [3.8, 4) is 10.6 Å². The van der Waals surface area contributed by atoms with Crippen molar-refractivity contribution in [3.05, 3.63) is 33.8 Å². The van der Waals surface area contributed by atoms with Crippen LogP contribution in [-0.4, -0.2) is 10.2 Å². The molecule has 0 aliphatic rings. The van der Waals surface area contributed by atoms with Crippen molar-refractivity contribution >= 4 is 34.5 Å². The third-order valence-corrected chi connectivity index (χ3v) is 4.10. The van der Waals surface area contributed by atoms with E-state index < -0.39 is 0 Å². The highest BCUT2D eigenvalue weighted by Crippen LogP contribution is 2.30. The van der Waals surface area contributed by atoms with Crippen LogP contribution in [0.4, 0.5) is 0 Å². The molecule has 1 heterocycles. The van der Waals surface area contributed by atoms with Gasteiger partial charge in [-0.3, -0.25) is 0 Å². The molecule has 16 heavy (non-hydrogen) atoms. The maximum atomic E-state index is 5.97. The predicted octanol–water partition coefficient (Wildman–Crippen LogP) is 4.47. The first kappa shape index (κ1) is 11.8. The summed E-state index contributed by atoms with van der Waals surface area (Å²) in [6.45, 7) is 3.86. The minimum atomic E-state index is -0.0975. The molecule has 5 heteroatoms. The van der Waals surface area contributed by atoms with Gasteiger partial charge in [-0.1, -0.05) is 29.0 Å². The van der Waals surface area contributed by atoms with E-state index in [1.54, 1.807) is 0 Å². The monoisotopic (exact) mass is 272 g/mol. The maximum absolute atomic E-state index is 5.97. The normalized spacial score (nSPS) is 12.8. The molecule has 2 rings (SSSR count). The third-order valence-electron chi connectivity index (χ3n) is 2.19. The van der Waals surface area contributed by atoms with Gasteiger partial charge < -0.3 is 0 Å². The summed E-state index contributed by atoms with van der Waals surface area (Å²) >= 11 is 13.4. The van der Waals surface area contributed by atoms with Crippen LogP contribution in [0.2, 0.25) is 5.02 Å². The molecule has 0 bridgehead atoms. The molecule has 84 valence electrons. The van der Waals surface area contributed by atoms with Crippen molar-refractivity contribution in [1.29, 1.82) is 0 Å². The number of aromatic nitrogens is 2. The molecule has 0 N–H and O–H groups in total. The van der Waals surface area contributed by atoms with Gasteiger partial charge in [-0.05, 0) is 31.5 Å². The van der Waals surface area contributed by atoms with E-state index in [1.165, 1.54) is 11.3 Å². The van der Waals surface area contributed by atoms with Crippen LogP contribution < -0.4 is 0 Å². The molecule has 0 radical (unpaired) electrons. The molecule has 0 aliphatic carbocycles. The second-order valence-electron chi connectivity index (χ2n) is 3.53. The van der Waals surface area contributed by atoms with Gasteiger partial charge in [0.1, 0.15) is 10.0 Å². The van der Waals surface area contributed by atoms with E-state index >= 15 is 0 Å². The Morgan fingerprint density at radius 3 is 2.62 bits per heavy atom. The van der Waals surface area contributed by atoms with Crippen LogP contribution in [0.3, 0.4) is 0 Å². The maximum Gasteiger partial charge on any atom is 0.147 e. The quantitative estimate of drug-likeness (QED) is 0.754. The summed E-state index contributed by atoms with van der Waals surface area (Å²) in [6, 6.07) is 5.82. The summed E-state index contributed by atoms with van der Waals surface area (Å²) in [6.07, 6.45) is 0. The van der Waals surface area contributed by atoms with Crippen molar-refractivity contribution in [2.75, 3.05) is 0 Å². The number of alkyl halides is 1. The molecule has 2 aromatic rings. The Morgan fingerprint density at radius 1 is 1.31 bits per heavy atom. The number of aryl methyl sites for hydroxylation is 1. The molecular weight excluding hydrogens is 263 g/mol. The molecule has 0 fully saturated rings. The molecule has 0 saturated carbocycles. The Morgan fingerprint density at radius 2 is 2.06 bits per heavy atom. The number of halogens is 2. The number of nitrogens with zero attached hydrogens (tertiary/aromatic N) is 2. The van der Waals surface area contributed by atoms with Gasteiger partial charge in [0.05, 0.1) is 5.38 Å². The van der Waals surface area contributed by atoms with Gasteiger partial charge in [0.2, 0.25) is 0 Å². The number of hydrogen-bond acceptors (Lipinski definition) is 3. The van der Waals surface area contributed by atoms with E-state index in [0.29, 0.717) is 0 Å². The van der Waals surface area contributed by atoms with Crippen LogP contribution in [0.1, 0.15) is 22.9 Å². The van der Waals surface area contributed by atoms with Crippen LogP contribution in [0.5, 0.6) is 0 Å². The van der Waals surface area contributed by atoms with Gasteiger partial charge in [0.15, 0.2) is 0 Å². The molecule has 0 aliphatic heterocycles. The van der Waals surface area contributed by atoms with Crippen molar-refractivity contribution < 1.29 is 0 Å². The SMILES string of the molecule is Cc1cc(-c2nnc(C(C)Cl)s2)ccc1Cl. The average Bonchev–Trinajstić information content (AvgIpc) is 2.71. The molecular formula is C11H10Cl2N2S.